The Balaban J connectivity index is 1.35. The van der Waals surface area contributed by atoms with Crippen molar-refractivity contribution in [2.45, 2.75) is 6.54 Å². The van der Waals surface area contributed by atoms with Gasteiger partial charge < -0.3 is 18.8 Å². The molecule has 1 fully saturated rings. The molecule has 3 aromatic rings. The molecule has 1 aliphatic heterocycles. The average molecular weight is 380 g/mol. The number of aromatic nitrogens is 2. The highest BCUT2D eigenvalue weighted by atomic mass is 16.5. The zero-order valence-electron chi connectivity index (χ0n) is 16.2. The molecule has 2 aromatic carbocycles. The summed E-state index contributed by atoms with van der Waals surface area (Å²) in [5.41, 5.74) is 2.03. The van der Waals surface area contributed by atoms with Gasteiger partial charge in [-0.05, 0) is 36.4 Å². The lowest BCUT2D eigenvalue weighted by molar-refractivity contribution is 0.226. The van der Waals surface area contributed by atoms with Crippen molar-refractivity contribution in [2.24, 2.45) is 0 Å². The Hall–Kier alpha value is -3.06. The largest absolute Gasteiger partial charge is 0.497 e. The van der Waals surface area contributed by atoms with Crippen molar-refractivity contribution in [1.29, 1.82) is 0 Å². The summed E-state index contributed by atoms with van der Waals surface area (Å²) >= 11 is 0. The first-order valence-electron chi connectivity index (χ1n) is 9.34. The van der Waals surface area contributed by atoms with E-state index >= 15 is 0 Å². The molecular formula is C21H24N4O3. The zero-order chi connectivity index (χ0) is 19.3. The van der Waals surface area contributed by atoms with Gasteiger partial charge in [-0.25, -0.2) is 0 Å². The van der Waals surface area contributed by atoms with Gasteiger partial charge in [0.15, 0.2) is 0 Å². The molecule has 7 nitrogen and oxygen atoms in total. The summed E-state index contributed by atoms with van der Waals surface area (Å²) in [5, 5.41) is 8.39. The molecule has 1 saturated heterocycles. The molecule has 0 unspecified atom stereocenters. The van der Waals surface area contributed by atoms with Gasteiger partial charge in [-0.1, -0.05) is 12.1 Å². The molecule has 0 aliphatic carbocycles. The van der Waals surface area contributed by atoms with Crippen LogP contribution in [0.25, 0.3) is 11.5 Å². The number of para-hydroxylation sites is 2. The Morgan fingerprint density at radius 1 is 0.893 bits per heavy atom. The van der Waals surface area contributed by atoms with Crippen LogP contribution in [-0.2, 0) is 6.54 Å². The number of rotatable bonds is 6. The maximum Gasteiger partial charge on any atom is 0.247 e. The molecule has 0 atom stereocenters. The third-order valence-corrected chi connectivity index (χ3v) is 4.96. The fourth-order valence-corrected chi connectivity index (χ4v) is 3.40. The Labute approximate surface area is 164 Å². The van der Waals surface area contributed by atoms with Crippen LogP contribution in [0.15, 0.2) is 52.9 Å². The monoisotopic (exact) mass is 380 g/mol. The smallest absolute Gasteiger partial charge is 0.247 e. The summed E-state index contributed by atoms with van der Waals surface area (Å²) in [7, 11) is 3.36. The molecule has 0 saturated carbocycles. The number of nitrogens with zero attached hydrogens (tertiary/aromatic N) is 4. The van der Waals surface area contributed by atoms with Crippen LogP contribution in [-0.4, -0.2) is 55.5 Å². The van der Waals surface area contributed by atoms with Gasteiger partial charge in [-0.15, -0.1) is 10.2 Å². The number of anilines is 1. The standard InChI is InChI=1S/C21H24N4O3/c1-26-17-9-7-16(8-10-17)21-23-22-20(28-21)15-24-11-13-25(14-12-24)18-5-3-4-6-19(18)27-2/h3-10H,11-15H2,1-2H3. The van der Waals surface area contributed by atoms with Gasteiger partial charge in [0.25, 0.3) is 0 Å². The number of methoxy groups -OCH3 is 2. The maximum absolute atomic E-state index is 5.86. The fraction of sp³-hybridized carbons (Fsp3) is 0.333. The van der Waals surface area contributed by atoms with Gasteiger partial charge in [-0.3, -0.25) is 4.90 Å². The molecule has 146 valence electrons. The van der Waals surface area contributed by atoms with Crippen LogP contribution >= 0.6 is 0 Å². The van der Waals surface area contributed by atoms with Crippen LogP contribution in [0.2, 0.25) is 0 Å². The SMILES string of the molecule is COc1ccc(-c2nnc(CN3CCN(c4ccccc4OC)CC3)o2)cc1. The first-order valence-corrected chi connectivity index (χ1v) is 9.34. The summed E-state index contributed by atoms with van der Waals surface area (Å²) in [6.07, 6.45) is 0. The minimum absolute atomic E-state index is 0.533. The molecule has 0 radical (unpaired) electrons. The van der Waals surface area contributed by atoms with E-state index < -0.39 is 0 Å². The number of hydrogen-bond donors (Lipinski definition) is 0. The number of hydrogen-bond acceptors (Lipinski definition) is 7. The highest BCUT2D eigenvalue weighted by molar-refractivity contribution is 5.58. The first kappa shape index (κ1) is 18.3. The Morgan fingerprint density at radius 2 is 1.64 bits per heavy atom. The van der Waals surface area contributed by atoms with E-state index in [2.05, 4.69) is 26.1 Å². The zero-order valence-corrected chi connectivity index (χ0v) is 16.2. The van der Waals surface area contributed by atoms with Crippen molar-refractivity contribution in [3.05, 3.63) is 54.4 Å². The van der Waals surface area contributed by atoms with Crippen molar-refractivity contribution in [3.8, 4) is 23.0 Å². The van der Waals surface area contributed by atoms with E-state index in [0.29, 0.717) is 18.3 Å². The number of ether oxygens (including phenoxy) is 2. The molecule has 28 heavy (non-hydrogen) atoms. The third-order valence-electron chi connectivity index (χ3n) is 4.96. The number of piperazine rings is 1. The molecule has 2 heterocycles. The van der Waals surface area contributed by atoms with Crippen LogP contribution in [0.4, 0.5) is 5.69 Å². The quantitative estimate of drug-likeness (QED) is 0.651. The van der Waals surface area contributed by atoms with Gasteiger partial charge in [0.1, 0.15) is 11.5 Å². The minimum atomic E-state index is 0.533. The van der Waals surface area contributed by atoms with E-state index in [9.17, 15) is 0 Å². The molecule has 0 N–H and O–H groups in total. The second-order valence-electron chi connectivity index (χ2n) is 6.66. The molecule has 1 aromatic heterocycles. The van der Waals surface area contributed by atoms with E-state index in [1.54, 1.807) is 14.2 Å². The first-order chi connectivity index (χ1) is 13.8. The maximum atomic E-state index is 5.86. The Kier molecular flexibility index (Phi) is 5.43. The molecule has 7 heteroatoms. The second-order valence-corrected chi connectivity index (χ2v) is 6.66. The summed E-state index contributed by atoms with van der Waals surface area (Å²) in [6.45, 7) is 4.37. The predicted molar refractivity (Wildman–Crippen MR) is 107 cm³/mol. The van der Waals surface area contributed by atoms with Crippen molar-refractivity contribution in [2.75, 3.05) is 45.3 Å². The van der Waals surface area contributed by atoms with Crippen molar-refractivity contribution in [1.82, 2.24) is 15.1 Å². The Morgan fingerprint density at radius 3 is 2.36 bits per heavy atom. The highest BCUT2D eigenvalue weighted by Crippen LogP contribution is 2.28. The molecular weight excluding hydrogens is 356 g/mol. The normalized spacial score (nSPS) is 14.9. The predicted octanol–water partition coefficient (Wildman–Crippen LogP) is 3.08. The summed E-state index contributed by atoms with van der Waals surface area (Å²) in [4.78, 5) is 4.68. The average Bonchev–Trinajstić information content (AvgIpc) is 3.23. The Bertz CT molecular complexity index is 902. The number of benzene rings is 2. The van der Waals surface area contributed by atoms with Gasteiger partial charge >= 0.3 is 0 Å². The van der Waals surface area contributed by atoms with Gasteiger partial charge in [0.2, 0.25) is 11.8 Å². The molecule has 4 rings (SSSR count). The van der Waals surface area contributed by atoms with Crippen LogP contribution in [0, 0.1) is 0 Å². The van der Waals surface area contributed by atoms with E-state index in [-0.39, 0.29) is 0 Å². The van der Waals surface area contributed by atoms with Crippen LogP contribution in [0.1, 0.15) is 5.89 Å². The fourth-order valence-electron chi connectivity index (χ4n) is 3.40. The van der Waals surface area contributed by atoms with Gasteiger partial charge in [0.05, 0.1) is 26.5 Å². The topological polar surface area (TPSA) is 63.9 Å². The van der Waals surface area contributed by atoms with Gasteiger partial charge in [-0.2, -0.15) is 0 Å². The van der Waals surface area contributed by atoms with Crippen LogP contribution in [0.3, 0.4) is 0 Å². The summed E-state index contributed by atoms with van der Waals surface area (Å²) in [6, 6.07) is 15.8. The molecule has 0 bridgehead atoms. The lowest BCUT2D eigenvalue weighted by Gasteiger charge is -2.35. The molecule has 1 aliphatic rings. The third kappa shape index (κ3) is 3.94. The molecule has 0 amide bonds. The minimum Gasteiger partial charge on any atom is -0.497 e. The van der Waals surface area contributed by atoms with Crippen LogP contribution in [0.5, 0.6) is 11.5 Å². The highest BCUT2D eigenvalue weighted by Gasteiger charge is 2.21. The molecule has 0 spiro atoms. The van der Waals surface area contributed by atoms with E-state index in [1.165, 1.54) is 0 Å². The lowest BCUT2D eigenvalue weighted by atomic mass is 10.2. The van der Waals surface area contributed by atoms with Crippen LogP contribution < -0.4 is 14.4 Å². The lowest BCUT2D eigenvalue weighted by Crippen LogP contribution is -2.46. The second kappa shape index (κ2) is 8.31. The van der Waals surface area contributed by atoms with E-state index in [1.807, 2.05) is 42.5 Å². The van der Waals surface area contributed by atoms with E-state index in [0.717, 1.165) is 48.9 Å². The summed E-state index contributed by atoms with van der Waals surface area (Å²) < 4.78 is 16.5. The summed E-state index contributed by atoms with van der Waals surface area (Å²) in [5.74, 6) is 2.88. The van der Waals surface area contributed by atoms with Crippen molar-refractivity contribution < 1.29 is 13.9 Å². The van der Waals surface area contributed by atoms with E-state index in [4.69, 9.17) is 13.9 Å². The van der Waals surface area contributed by atoms with Crippen molar-refractivity contribution >= 4 is 5.69 Å². The van der Waals surface area contributed by atoms with Gasteiger partial charge in [0, 0.05) is 31.7 Å². The van der Waals surface area contributed by atoms with Crippen molar-refractivity contribution in [3.63, 3.8) is 0 Å².